The lowest BCUT2D eigenvalue weighted by Gasteiger charge is -2.37. The van der Waals surface area contributed by atoms with Crippen LogP contribution in [0.3, 0.4) is 0 Å². The van der Waals surface area contributed by atoms with Gasteiger partial charge in [-0.2, -0.15) is 18.3 Å². The smallest absolute Gasteiger partial charge is 0.370 e. The molecular weight excluding hydrogens is 439 g/mol. The predicted molar refractivity (Wildman–Crippen MR) is 113 cm³/mol. The lowest BCUT2D eigenvalue weighted by Crippen LogP contribution is -2.40. The highest BCUT2D eigenvalue weighted by molar-refractivity contribution is 5.78. The van der Waals surface area contributed by atoms with Crippen molar-refractivity contribution < 1.29 is 17.9 Å². The summed E-state index contributed by atoms with van der Waals surface area (Å²) >= 11 is 0. The highest BCUT2D eigenvalue weighted by atomic mass is 19.4. The first-order chi connectivity index (χ1) is 15.6. The summed E-state index contributed by atoms with van der Waals surface area (Å²) < 4.78 is 48.4. The molecule has 2 fully saturated rings. The highest BCUT2D eigenvalue weighted by Gasteiger charge is 2.49. The van der Waals surface area contributed by atoms with E-state index in [4.69, 9.17) is 4.74 Å². The van der Waals surface area contributed by atoms with Gasteiger partial charge in [0, 0.05) is 38.3 Å². The molecule has 1 aliphatic heterocycles. The zero-order valence-electron chi connectivity index (χ0n) is 18.5. The molecule has 9 nitrogen and oxygen atoms in total. The summed E-state index contributed by atoms with van der Waals surface area (Å²) in [7, 11) is 3.42. The number of rotatable bonds is 3. The van der Waals surface area contributed by atoms with Crippen LogP contribution in [0.1, 0.15) is 41.9 Å². The Hall–Kier alpha value is -3.02. The molecule has 0 aromatic carbocycles. The van der Waals surface area contributed by atoms with Gasteiger partial charge in [0.05, 0.1) is 31.0 Å². The quantitative estimate of drug-likeness (QED) is 0.589. The maximum Gasteiger partial charge on any atom is 0.391 e. The van der Waals surface area contributed by atoms with Gasteiger partial charge in [0.15, 0.2) is 5.52 Å². The fourth-order valence-corrected chi connectivity index (χ4v) is 4.44. The van der Waals surface area contributed by atoms with Crippen LogP contribution < -0.4 is 10.5 Å². The number of halogens is 3. The fraction of sp³-hybridized carbons (Fsp3) is 0.571. The zero-order chi connectivity index (χ0) is 23.5. The Morgan fingerprint density at radius 2 is 1.88 bits per heavy atom. The van der Waals surface area contributed by atoms with E-state index in [1.54, 1.807) is 24.9 Å². The maximum atomic E-state index is 13.1. The Morgan fingerprint density at radius 3 is 2.55 bits per heavy atom. The fourth-order valence-electron chi connectivity index (χ4n) is 4.44. The lowest BCUT2D eigenvalue weighted by molar-refractivity contribution is -0.197. The van der Waals surface area contributed by atoms with E-state index in [1.807, 2.05) is 18.1 Å². The average Bonchev–Trinajstić information content (AvgIpc) is 3.17. The van der Waals surface area contributed by atoms with Crippen LogP contribution in [0.5, 0.6) is 0 Å². The Morgan fingerprint density at radius 1 is 1.12 bits per heavy atom. The number of nitrogens with zero attached hydrogens (tertiary/aromatic N) is 7. The minimum atomic E-state index is -4.23. The molecule has 5 rings (SSSR count). The lowest BCUT2D eigenvalue weighted by atomic mass is 9.72. The summed E-state index contributed by atoms with van der Waals surface area (Å²) in [6.07, 6.45) is -1.02. The van der Waals surface area contributed by atoms with E-state index < -0.39 is 18.0 Å². The molecule has 1 saturated heterocycles. The summed E-state index contributed by atoms with van der Waals surface area (Å²) in [6, 6.07) is 0. The molecule has 1 atom stereocenters. The molecule has 4 heterocycles. The number of fused-ring (bicyclic) bond motifs is 1. The Labute approximate surface area is 187 Å². The topological polar surface area (TPSA) is 91.0 Å². The Balaban J connectivity index is 1.55. The molecule has 3 aromatic heterocycles. The first-order valence-electron chi connectivity index (χ1n) is 10.8. The molecule has 0 radical (unpaired) electrons. The summed E-state index contributed by atoms with van der Waals surface area (Å²) in [5.74, 6) is -1.01. The van der Waals surface area contributed by atoms with Crippen LogP contribution >= 0.6 is 0 Å². The second-order valence-corrected chi connectivity index (χ2v) is 8.79. The molecule has 176 valence electrons. The van der Waals surface area contributed by atoms with E-state index in [1.165, 1.54) is 4.57 Å². The molecule has 2 aliphatic rings. The van der Waals surface area contributed by atoms with Crippen LogP contribution in [0.2, 0.25) is 0 Å². The SMILES string of the molecule is Cc1nc2c(nc(N3CCO[C@@H](c4cnn(C)c4)C3)nc2[C@H]2C[C@H](C(F)(F)F)C2)c(=O)n1C. The number of aromatic nitrogens is 6. The summed E-state index contributed by atoms with van der Waals surface area (Å²) in [5, 5.41) is 4.19. The van der Waals surface area contributed by atoms with Crippen molar-refractivity contribution in [1.29, 1.82) is 0 Å². The number of morpholine rings is 1. The number of ether oxygens (including phenoxy) is 1. The van der Waals surface area contributed by atoms with Crippen molar-refractivity contribution in [3.05, 3.63) is 39.8 Å². The van der Waals surface area contributed by atoms with Gasteiger partial charge in [-0.3, -0.25) is 14.0 Å². The first-order valence-corrected chi connectivity index (χ1v) is 10.8. The van der Waals surface area contributed by atoms with Gasteiger partial charge in [0.1, 0.15) is 17.4 Å². The van der Waals surface area contributed by atoms with E-state index in [0.29, 0.717) is 42.7 Å². The highest BCUT2D eigenvalue weighted by Crippen LogP contribution is 2.50. The van der Waals surface area contributed by atoms with Crippen molar-refractivity contribution >= 4 is 17.0 Å². The Kier molecular flexibility index (Phi) is 5.15. The normalized spacial score (nSPS) is 23.7. The zero-order valence-corrected chi connectivity index (χ0v) is 18.5. The molecular formula is C21H24F3N7O2. The van der Waals surface area contributed by atoms with Crippen LogP contribution in [-0.2, 0) is 18.8 Å². The van der Waals surface area contributed by atoms with Gasteiger partial charge in [-0.1, -0.05) is 0 Å². The molecule has 0 amide bonds. The average molecular weight is 463 g/mol. The summed E-state index contributed by atoms with van der Waals surface area (Å²) in [6.45, 7) is 3.03. The minimum absolute atomic E-state index is 0.0631. The second kappa shape index (κ2) is 7.79. The van der Waals surface area contributed by atoms with Crippen molar-refractivity contribution in [3.63, 3.8) is 0 Å². The van der Waals surface area contributed by atoms with Crippen molar-refractivity contribution in [2.75, 3.05) is 24.6 Å². The number of anilines is 1. The molecule has 3 aromatic rings. The van der Waals surface area contributed by atoms with Crippen LogP contribution in [0.4, 0.5) is 19.1 Å². The van der Waals surface area contributed by atoms with Gasteiger partial charge >= 0.3 is 6.18 Å². The first kappa shape index (κ1) is 21.8. The monoisotopic (exact) mass is 463 g/mol. The third-order valence-corrected chi connectivity index (χ3v) is 6.60. The third kappa shape index (κ3) is 3.85. The van der Waals surface area contributed by atoms with E-state index in [9.17, 15) is 18.0 Å². The predicted octanol–water partition coefficient (Wildman–Crippen LogP) is 2.40. The molecule has 1 aliphatic carbocycles. The third-order valence-electron chi connectivity index (χ3n) is 6.60. The maximum absolute atomic E-state index is 13.1. The van der Waals surface area contributed by atoms with E-state index in [2.05, 4.69) is 20.1 Å². The molecule has 0 N–H and O–H groups in total. The van der Waals surface area contributed by atoms with Gasteiger partial charge in [0.25, 0.3) is 5.56 Å². The molecule has 33 heavy (non-hydrogen) atoms. The van der Waals surface area contributed by atoms with Gasteiger partial charge in [-0.05, 0) is 19.8 Å². The van der Waals surface area contributed by atoms with E-state index >= 15 is 0 Å². The van der Waals surface area contributed by atoms with Crippen LogP contribution in [0.15, 0.2) is 17.2 Å². The van der Waals surface area contributed by atoms with Crippen molar-refractivity contribution in [3.8, 4) is 0 Å². The van der Waals surface area contributed by atoms with Gasteiger partial charge in [-0.25, -0.2) is 15.0 Å². The number of hydrogen-bond donors (Lipinski definition) is 0. The Bertz CT molecular complexity index is 1260. The van der Waals surface area contributed by atoms with Crippen molar-refractivity contribution in [1.82, 2.24) is 29.3 Å². The van der Waals surface area contributed by atoms with Crippen LogP contribution in [-0.4, -0.2) is 55.2 Å². The van der Waals surface area contributed by atoms with Crippen LogP contribution in [0, 0.1) is 12.8 Å². The molecule has 0 unspecified atom stereocenters. The van der Waals surface area contributed by atoms with E-state index in [-0.39, 0.29) is 30.0 Å². The van der Waals surface area contributed by atoms with Gasteiger partial charge in [-0.15, -0.1) is 0 Å². The molecule has 0 bridgehead atoms. The van der Waals surface area contributed by atoms with Gasteiger partial charge < -0.3 is 9.64 Å². The standard InChI is InChI=1S/C21H24F3N7O2/c1-11-26-17-16(12-6-14(7-12)21(22,23)24)27-20(28-18(17)19(32)30(11)3)31-4-5-33-15(10-31)13-8-25-29(2)9-13/h8-9,12,14-15H,4-7,10H2,1-3H3/t12-,14-,15-/m1/s1. The largest absolute Gasteiger partial charge is 0.391 e. The molecule has 1 saturated carbocycles. The number of alkyl halides is 3. The van der Waals surface area contributed by atoms with Crippen molar-refractivity contribution in [2.24, 2.45) is 20.0 Å². The minimum Gasteiger partial charge on any atom is -0.370 e. The van der Waals surface area contributed by atoms with Gasteiger partial charge in [0.2, 0.25) is 5.95 Å². The van der Waals surface area contributed by atoms with E-state index in [0.717, 1.165) is 5.56 Å². The molecule has 0 spiro atoms. The molecule has 12 heteroatoms. The van der Waals surface area contributed by atoms with Crippen molar-refractivity contribution in [2.45, 2.75) is 38.0 Å². The summed E-state index contributed by atoms with van der Waals surface area (Å²) in [5.41, 5.74) is 1.40. The second-order valence-electron chi connectivity index (χ2n) is 8.79. The van der Waals surface area contributed by atoms with Crippen LogP contribution in [0.25, 0.3) is 11.0 Å². The number of hydrogen-bond acceptors (Lipinski definition) is 7. The summed E-state index contributed by atoms with van der Waals surface area (Å²) in [4.78, 5) is 28.6. The number of aryl methyl sites for hydroxylation is 2.